The van der Waals surface area contributed by atoms with E-state index in [0.29, 0.717) is 72.7 Å². The molecule has 1 aliphatic rings. The fraction of sp³-hybridized carbons (Fsp3) is 0.464. The van der Waals surface area contributed by atoms with Crippen molar-refractivity contribution in [2.24, 2.45) is 11.1 Å². The molecule has 0 amide bonds. The smallest absolute Gasteiger partial charge is 0.200 e. The van der Waals surface area contributed by atoms with Crippen molar-refractivity contribution in [3.8, 4) is 11.5 Å². The lowest BCUT2D eigenvalue weighted by molar-refractivity contribution is 0.0264. The molecule has 206 valence electrons. The zero-order chi connectivity index (χ0) is 27.3. The second-order valence-corrected chi connectivity index (χ2v) is 9.84. The summed E-state index contributed by atoms with van der Waals surface area (Å²) in [6.07, 6.45) is 2.32. The van der Waals surface area contributed by atoms with Gasteiger partial charge < -0.3 is 20.3 Å². The van der Waals surface area contributed by atoms with Gasteiger partial charge in [-0.3, -0.25) is 9.88 Å². The van der Waals surface area contributed by atoms with Crippen LogP contribution in [0, 0.1) is 22.9 Å². The number of halogens is 4. The Balaban J connectivity index is 1.35. The summed E-state index contributed by atoms with van der Waals surface area (Å²) in [7, 11) is 1.55. The first-order chi connectivity index (χ1) is 18.3. The van der Waals surface area contributed by atoms with Crippen molar-refractivity contribution in [2.75, 3.05) is 40.0 Å². The maximum absolute atomic E-state index is 15.8. The molecule has 0 bridgehead atoms. The molecule has 10 heteroatoms. The first-order valence-corrected chi connectivity index (χ1v) is 12.7. The van der Waals surface area contributed by atoms with E-state index in [1.165, 1.54) is 0 Å². The SMILES string of the molecule is COc1ccc2ncc(CN)c([C@H](F)CCC3(CO)CCN(CCOc4cc(F)cc(F)c4F)CC3)c2c1. The Morgan fingerprint density at radius 3 is 2.61 bits per heavy atom. The minimum atomic E-state index is -1.30. The number of fused-ring (bicyclic) bond motifs is 1. The quantitative estimate of drug-likeness (QED) is 0.264. The van der Waals surface area contributed by atoms with Crippen LogP contribution in [0.25, 0.3) is 10.9 Å². The van der Waals surface area contributed by atoms with E-state index in [-0.39, 0.29) is 26.2 Å². The third-order valence-electron chi connectivity index (χ3n) is 7.54. The first-order valence-electron chi connectivity index (χ1n) is 12.7. The second kappa shape index (κ2) is 12.3. The predicted molar refractivity (Wildman–Crippen MR) is 136 cm³/mol. The molecule has 0 spiro atoms. The van der Waals surface area contributed by atoms with E-state index in [4.69, 9.17) is 15.2 Å². The lowest BCUT2D eigenvalue weighted by Crippen LogP contribution is -2.43. The molecule has 38 heavy (non-hydrogen) atoms. The Hall–Kier alpha value is -2.95. The molecular formula is C28H33F4N3O3. The predicted octanol–water partition coefficient (Wildman–Crippen LogP) is 5.06. The number of likely N-dealkylation sites (tertiary alicyclic amines) is 1. The van der Waals surface area contributed by atoms with Crippen molar-refractivity contribution in [1.82, 2.24) is 9.88 Å². The highest BCUT2D eigenvalue weighted by molar-refractivity contribution is 5.85. The van der Waals surface area contributed by atoms with Crippen LogP contribution in [-0.2, 0) is 6.54 Å². The number of alkyl halides is 1. The van der Waals surface area contributed by atoms with Crippen molar-refractivity contribution in [1.29, 1.82) is 0 Å². The van der Waals surface area contributed by atoms with Crippen molar-refractivity contribution in [3.63, 3.8) is 0 Å². The van der Waals surface area contributed by atoms with Crippen LogP contribution in [0.5, 0.6) is 11.5 Å². The Kier molecular flexibility index (Phi) is 9.07. The van der Waals surface area contributed by atoms with Gasteiger partial charge in [0.15, 0.2) is 11.6 Å². The highest BCUT2D eigenvalue weighted by Crippen LogP contribution is 2.41. The molecule has 0 unspecified atom stereocenters. The number of nitrogens with two attached hydrogens (primary N) is 1. The van der Waals surface area contributed by atoms with E-state index in [9.17, 15) is 18.3 Å². The number of nitrogens with zero attached hydrogens (tertiary/aromatic N) is 2. The zero-order valence-electron chi connectivity index (χ0n) is 21.4. The van der Waals surface area contributed by atoms with E-state index in [2.05, 4.69) is 9.88 Å². The van der Waals surface area contributed by atoms with E-state index in [0.717, 1.165) is 6.07 Å². The molecule has 3 N–H and O–H groups in total. The normalized spacial score (nSPS) is 16.5. The van der Waals surface area contributed by atoms with Crippen LogP contribution in [0.2, 0.25) is 0 Å². The molecular weight excluding hydrogens is 502 g/mol. The first kappa shape index (κ1) is 28.1. The molecule has 2 aromatic carbocycles. The van der Waals surface area contributed by atoms with Gasteiger partial charge in [-0.05, 0) is 68.0 Å². The molecule has 4 rings (SSSR count). The summed E-state index contributed by atoms with van der Waals surface area (Å²) in [5.41, 5.74) is 7.29. The van der Waals surface area contributed by atoms with E-state index < -0.39 is 34.8 Å². The minimum Gasteiger partial charge on any atom is -0.497 e. The Labute approximate surface area is 219 Å². The van der Waals surface area contributed by atoms with Crippen molar-refractivity contribution in [3.05, 3.63) is 65.1 Å². The van der Waals surface area contributed by atoms with Crippen molar-refractivity contribution < 1.29 is 32.1 Å². The fourth-order valence-corrected chi connectivity index (χ4v) is 5.13. The molecule has 6 nitrogen and oxygen atoms in total. The zero-order valence-corrected chi connectivity index (χ0v) is 21.4. The van der Waals surface area contributed by atoms with E-state index in [1.807, 2.05) is 0 Å². The molecule has 0 aliphatic carbocycles. The topological polar surface area (TPSA) is 80.8 Å². The molecule has 0 radical (unpaired) electrons. The molecule has 1 saturated heterocycles. The summed E-state index contributed by atoms with van der Waals surface area (Å²) in [5.74, 6) is -3.28. The standard InChI is InChI=1S/C28H33F4N3O3/c1-37-20-2-3-24-21(14-20)26(18(15-33)16-34-24)22(30)4-5-28(17-36)6-8-35(9-7-28)10-11-38-25-13-19(29)12-23(31)27(25)32/h2-3,12-14,16,22,36H,4-11,15,17,33H2,1H3/t22-/m1/s1. The van der Waals surface area contributed by atoms with Gasteiger partial charge in [0.1, 0.15) is 24.3 Å². The van der Waals surface area contributed by atoms with Crippen molar-refractivity contribution in [2.45, 2.75) is 38.4 Å². The van der Waals surface area contributed by atoms with Gasteiger partial charge in [0.2, 0.25) is 5.82 Å². The average Bonchev–Trinajstić information content (AvgIpc) is 2.94. The number of ether oxygens (including phenoxy) is 2. The van der Waals surface area contributed by atoms with Gasteiger partial charge in [0.05, 0.1) is 12.6 Å². The van der Waals surface area contributed by atoms with Crippen LogP contribution in [0.4, 0.5) is 17.6 Å². The van der Waals surface area contributed by atoms with Crippen LogP contribution in [-0.4, -0.2) is 54.9 Å². The summed E-state index contributed by atoms with van der Waals surface area (Å²) in [6.45, 7) is 1.83. The van der Waals surface area contributed by atoms with Gasteiger partial charge in [-0.15, -0.1) is 0 Å². The second-order valence-electron chi connectivity index (χ2n) is 9.84. The van der Waals surface area contributed by atoms with Gasteiger partial charge in [-0.2, -0.15) is 4.39 Å². The van der Waals surface area contributed by atoms with Crippen LogP contribution in [0.3, 0.4) is 0 Å². The van der Waals surface area contributed by atoms with Crippen LogP contribution >= 0.6 is 0 Å². The molecule has 2 heterocycles. The van der Waals surface area contributed by atoms with Gasteiger partial charge >= 0.3 is 0 Å². The summed E-state index contributed by atoms with van der Waals surface area (Å²) in [6, 6.07) is 6.63. The Bertz CT molecular complexity index is 1250. The van der Waals surface area contributed by atoms with E-state index in [1.54, 1.807) is 31.5 Å². The minimum absolute atomic E-state index is 0.0545. The summed E-state index contributed by atoms with van der Waals surface area (Å²) in [5, 5.41) is 10.9. The number of aromatic nitrogens is 1. The van der Waals surface area contributed by atoms with Crippen LogP contribution in [0.1, 0.15) is 43.0 Å². The monoisotopic (exact) mass is 535 g/mol. The Morgan fingerprint density at radius 1 is 1.16 bits per heavy atom. The molecule has 0 saturated carbocycles. The van der Waals surface area contributed by atoms with Gasteiger partial charge in [0.25, 0.3) is 0 Å². The fourth-order valence-electron chi connectivity index (χ4n) is 5.13. The van der Waals surface area contributed by atoms with Crippen LogP contribution < -0.4 is 15.2 Å². The summed E-state index contributed by atoms with van der Waals surface area (Å²) >= 11 is 0. The van der Waals surface area contributed by atoms with Crippen molar-refractivity contribution >= 4 is 10.9 Å². The third kappa shape index (κ3) is 6.19. The number of hydrogen-bond donors (Lipinski definition) is 2. The van der Waals surface area contributed by atoms with Gasteiger partial charge in [0, 0.05) is 49.0 Å². The summed E-state index contributed by atoms with van der Waals surface area (Å²) < 4.78 is 66.9. The molecule has 1 aliphatic heterocycles. The number of aliphatic hydroxyl groups excluding tert-OH is 1. The Morgan fingerprint density at radius 2 is 1.92 bits per heavy atom. The van der Waals surface area contributed by atoms with E-state index >= 15 is 4.39 Å². The average molecular weight is 536 g/mol. The number of methoxy groups -OCH3 is 1. The third-order valence-corrected chi connectivity index (χ3v) is 7.54. The highest BCUT2D eigenvalue weighted by Gasteiger charge is 2.35. The number of hydrogen-bond acceptors (Lipinski definition) is 6. The summed E-state index contributed by atoms with van der Waals surface area (Å²) in [4.78, 5) is 6.47. The molecule has 1 aromatic heterocycles. The van der Waals surface area contributed by atoms with Gasteiger partial charge in [-0.25, -0.2) is 13.2 Å². The lowest BCUT2D eigenvalue weighted by atomic mass is 9.74. The number of benzene rings is 2. The lowest BCUT2D eigenvalue weighted by Gasteiger charge is -2.41. The van der Waals surface area contributed by atoms with Crippen LogP contribution in [0.15, 0.2) is 36.5 Å². The number of piperidine rings is 1. The maximum Gasteiger partial charge on any atom is 0.200 e. The molecule has 3 aromatic rings. The maximum atomic E-state index is 15.8. The number of aliphatic hydroxyl groups is 1. The van der Waals surface area contributed by atoms with Gasteiger partial charge in [-0.1, -0.05) is 0 Å². The number of rotatable bonds is 11. The molecule has 1 atom stereocenters. The molecule has 1 fully saturated rings. The largest absolute Gasteiger partial charge is 0.497 e. The highest BCUT2D eigenvalue weighted by atomic mass is 19.2. The number of pyridine rings is 1.